The lowest BCUT2D eigenvalue weighted by Gasteiger charge is -2.16. The van der Waals surface area contributed by atoms with Crippen molar-refractivity contribution in [1.82, 2.24) is 0 Å². The van der Waals surface area contributed by atoms with Crippen LogP contribution in [0.1, 0.15) is 22.6 Å². The van der Waals surface area contributed by atoms with E-state index in [0.717, 1.165) is 11.6 Å². The second-order valence-corrected chi connectivity index (χ2v) is 4.79. The standard InChI is InChI=1S/C16H17F2N/c1-11-2-4-12(5-3-11)8-13(10-19)15-7-6-14(17)9-16(15)18/h2-7,9,13H,8,10,19H2,1H3. The number of halogens is 2. The van der Waals surface area contributed by atoms with Crippen molar-refractivity contribution in [2.75, 3.05) is 6.54 Å². The van der Waals surface area contributed by atoms with E-state index in [1.165, 1.54) is 17.7 Å². The molecule has 2 aromatic carbocycles. The van der Waals surface area contributed by atoms with Crippen molar-refractivity contribution in [2.24, 2.45) is 5.73 Å². The van der Waals surface area contributed by atoms with E-state index in [9.17, 15) is 8.78 Å². The quantitative estimate of drug-likeness (QED) is 0.894. The Balaban J connectivity index is 2.22. The van der Waals surface area contributed by atoms with Crippen molar-refractivity contribution < 1.29 is 8.78 Å². The van der Waals surface area contributed by atoms with Gasteiger partial charge in [0, 0.05) is 12.0 Å². The van der Waals surface area contributed by atoms with E-state index in [2.05, 4.69) is 0 Å². The van der Waals surface area contributed by atoms with Gasteiger partial charge in [-0.15, -0.1) is 0 Å². The molecule has 1 nitrogen and oxygen atoms in total. The summed E-state index contributed by atoms with van der Waals surface area (Å²) in [7, 11) is 0. The molecule has 100 valence electrons. The maximum absolute atomic E-state index is 13.8. The van der Waals surface area contributed by atoms with Crippen LogP contribution in [0.2, 0.25) is 0 Å². The minimum absolute atomic E-state index is 0.136. The fourth-order valence-corrected chi connectivity index (χ4v) is 2.16. The van der Waals surface area contributed by atoms with Crippen LogP contribution < -0.4 is 5.73 Å². The minimum atomic E-state index is -0.563. The summed E-state index contributed by atoms with van der Waals surface area (Å²) in [6.07, 6.45) is 0.652. The first kappa shape index (κ1) is 13.7. The lowest BCUT2D eigenvalue weighted by Crippen LogP contribution is -2.16. The Labute approximate surface area is 112 Å². The van der Waals surface area contributed by atoms with Gasteiger partial charge in [0.1, 0.15) is 11.6 Å². The van der Waals surface area contributed by atoms with Crippen molar-refractivity contribution in [1.29, 1.82) is 0 Å². The summed E-state index contributed by atoms with van der Waals surface area (Å²) in [5, 5.41) is 0. The number of nitrogens with two attached hydrogens (primary N) is 1. The highest BCUT2D eigenvalue weighted by Gasteiger charge is 2.15. The van der Waals surface area contributed by atoms with Gasteiger partial charge in [-0.05, 0) is 37.1 Å². The minimum Gasteiger partial charge on any atom is -0.330 e. The first-order valence-electron chi connectivity index (χ1n) is 6.30. The van der Waals surface area contributed by atoms with E-state index < -0.39 is 11.6 Å². The molecular formula is C16H17F2N. The predicted octanol–water partition coefficient (Wildman–Crippen LogP) is 3.56. The van der Waals surface area contributed by atoms with Crippen LogP contribution in [0.5, 0.6) is 0 Å². The molecule has 0 radical (unpaired) electrons. The SMILES string of the molecule is Cc1ccc(CC(CN)c2ccc(F)cc2F)cc1. The van der Waals surface area contributed by atoms with Crippen molar-refractivity contribution in [2.45, 2.75) is 19.3 Å². The van der Waals surface area contributed by atoms with Gasteiger partial charge in [-0.25, -0.2) is 8.78 Å². The monoisotopic (exact) mass is 261 g/mol. The Hall–Kier alpha value is -1.74. The Morgan fingerprint density at radius 2 is 1.74 bits per heavy atom. The molecule has 0 heterocycles. The average molecular weight is 261 g/mol. The molecule has 3 heteroatoms. The Bertz CT molecular complexity index is 549. The topological polar surface area (TPSA) is 26.0 Å². The molecule has 2 rings (SSSR count). The van der Waals surface area contributed by atoms with Crippen LogP contribution in [-0.4, -0.2) is 6.54 Å². The van der Waals surface area contributed by atoms with E-state index in [-0.39, 0.29) is 5.92 Å². The van der Waals surface area contributed by atoms with E-state index in [1.54, 1.807) is 0 Å². The lowest BCUT2D eigenvalue weighted by molar-refractivity contribution is 0.551. The van der Waals surface area contributed by atoms with E-state index in [4.69, 9.17) is 5.73 Å². The maximum atomic E-state index is 13.8. The predicted molar refractivity (Wildman–Crippen MR) is 73.0 cm³/mol. The molecule has 0 aliphatic carbocycles. The zero-order valence-electron chi connectivity index (χ0n) is 10.9. The Morgan fingerprint density at radius 1 is 1.05 bits per heavy atom. The van der Waals surface area contributed by atoms with Gasteiger partial charge >= 0.3 is 0 Å². The van der Waals surface area contributed by atoms with Gasteiger partial charge in [0.05, 0.1) is 0 Å². The van der Waals surface area contributed by atoms with Crippen LogP contribution in [0.4, 0.5) is 8.78 Å². The van der Waals surface area contributed by atoms with Crippen LogP contribution in [-0.2, 0) is 6.42 Å². The van der Waals surface area contributed by atoms with Gasteiger partial charge in [-0.3, -0.25) is 0 Å². The number of hydrogen-bond acceptors (Lipinski definition) is 1. The molecule has 2 N–H and O–H groups in total. The van der Waals surface area contributed by atoms with Gasteiger partial charge in [-0.2, -0.15) is 0 Å². The zero-order valence-corrected chi connectivity index (χ0v) is 10.9. The molecule has 0 aromatic heterocycles. The highest BCUT2D eigenvalue weighted by molar-refractivity contribution is 5.28. The molecule has 0 aliphatic rings. The number of hydrogen-bond donors (Lipinski definition) is 1. The van der Waals surface area contributed by atoms with Crippen molar-refractivity contribution >= 4 is 0 Å². The fourth-order valence-electron chi connectivity index (χ4n) is 2.16. The van der Waals surface area contributed by atoms with Crippen molar-refractivity contribution in [3.63, 3.8) is 0 Å². The first-order chi connectivity index (χ1) is 9.10. The third-order valence-corrected chi connectivity index (χ3v) is 3.29. The van der Waals surface area contributed by atoms with Gasteiger partial charge < -0.3 is 5.73 Å². The normalized spacial score (nSPS) is 12.4. The second-order valence-electron chi connectivity index (χ2n) is 4.79. The average Bonchev–Trinajstić information content (AvgIpc) is 2.39. The molecule has 2 aromatic rings. The summed E-state index contributed by atoms with van der Waals surface area (Å²) in [5.41, 5.74) is 8.49. The van der Waals surface area contributed by atoms with Gasteiger partial charge in [0.15, 0.2) is 0 Å². The van der Waals surface area contributed by atoms with Crippen LogP contribution in [0.15, 0.2) is 42.5 Å². The van der Waals surface area contributed by atoms with E-state index in [0.29, 0.717) is 18.5 Å². The van der Waals surface area contributed by atoms with E-state index in [1.807, 2.05) is 31.2 Å². The molecule has 0 saturated carbocycles. The second kappa shape index (κ2) is 5.93. The van der Waals surface area contributed by atoms with Gasteiger partial charge in [-0.1, -0.05) is 35.9 Å². The summed E-state index contributed by atoms with van der Waals surface area (Å²) >= 11 is 0. The molecule has 0 amide bonds. The van der Waals surface area contributed by atoms with Crippen LogP contribution in [0.25, 0.3) is 0 Å². The maximum Gasteiger partial charge on any atom is 0.129 e. The Kier molecular flexibility index (Phi) is 4.27. The largest absolute Gasteiger partial charge is 0.330 e. The smallest absolute Gasteiger partial charge is 0.129 e. The molecule has 1 atom stereocenters. The zero-order chi connectivity index (χ0) is 13.8. The summed E-state index contributed by atoms with van der Waals surface area (Å²) in [4.78, 5) is 0. The molecule has 1 unspecified atom stereocenters. The summed E-state index contributed by atoms with van der Waals surface area (Å²) < 4.78 is 26.7. The lowest BCUT2D eigenvalue weighted by atomic mass is 9.91. The first-order valence-corrected chi connectivity index (χ1v) is 6.30. The third kappa shape index (κ3) is 3.38. The number of aryl methyl sites for hydroxylation is 1. The van der Waals surface area contributed by atoms with E-state index >= 15 is 0 Å². The third-order valence-electron chi connectivity index (χ3n) is 3.29. The molecule has 0 bridgehead atoms. The number of benzene rings is 2. The molecule has 0 spiro atoms. The summed E-state index contributed by atoms with van der Waals surface area (Å²) in [6, 6.07) is 11.7. The van der Waals surface area contributed by atoms with Crippen LogP contribution >= 0.6 is 0 Å². The molecule has 0 fully saturated rings. The summed E-state index contributed by atoms with van der Waals surface area (Å²) in [6.45, 7) is 2.35. The van der Waals surface area contributed by atoms with Gasteiger partial charge in [0.25, 0.3) is 0 Å². The highest BCUT2D eigenvalue weighted by Crippen LogP contribution is 2.23. The molecule has 0 aliphatic heterocycles. The van der Waals surface area contributed by atoms with Crippen LogP contribution in [0.3, 0.4) is 0 Å². The van der Waals surface area contributed by atoms with Crippen LogP contribution in [0, 0.1) is 18.6 Å². The number of rotatable bonds is 4. The highest BCUT2D eigenvalue weighted by atomic mass is 19.1. The molecule has 0 saturated heterocycles. The van der Waals surface area contributed by atoms with Gasteiger partial charge in [0.2, 0.25) is 0 Å². The summed E-state index contributed by atoms with van der Waals surface area (Å²) in [5.74, 6) is -1.22. The fraction of sp³-hybridized carbons (Fsp3) is 0.250. The molecule has 19 heavy (non-hydrogen) atoms. The Morgan fingerprint density at radius 3 is 2.32 bits per heavy atom. The van der Waals surface area contributed by atoms with Crippen molar-refractivity contribution in [3.8, 4) is 0 Å². The van der Waals surface area contributed by atoms with Crippen molar-refractivity contribution in [3.05, 3.63) is 70.8 Å². The molecular weight excluding hydrogens is 244 g/mol.